The summed E-state index contributed by atoms with van der Waals surface area (Å²) in [7, 11) is 0. The number of aliphatic imine (C=N–C) groups is 2. The van der Waals surface area contributed by atoms with Gasteiger partial charge >= 0.3 is 0 Å². The van der Waals surface area contributed by atoms with Crippen LogP contribution in [0.2, 0.25) is 5.02 Å². The quantitative estimate of drug-likeness (QED) is 0.452. The number of hydrogen-bond acceptors (Lipinski definition) is 9. The molecular formula is C18H23ClN4O5. The maximum Gasteiger partial charge on any atom is 0.142 e. The number of ether oxygens (including phenoxy) is 1. The molecule has 0 spiro atoms. The second-order valence-corrected chi connectivity index (χ2v) is 7.99. The minimum atomic E-state index is -1.69. The normalized spacial score (nSPS) is 38.9. The Balaban J connectivity index is 1.56. The highest BCUT2D eigenvalue weighted by molar-refractivity contribution is 6.30. The minimum absolute atomic E-state index is 0.170. The molecule has 0 bridgehead atoms. The Morgan fingerprint density at radius 2 is 2.07 bits per heavy atom. The number of halogens is 1. The topological polar surface area (TPSA) is 130 Å². The molecule has 9 nitrogen and oxygen atoms in total. The van der Waals surface area contributed by atoms with Crippen molar-refractivity contribution in [3.05, 3.63) is 34.9 Å². The summed E-state index contributed by atoms with van der Waals surface area (Å²) in [6.07, 6.45) is -2.75. The standard InChI is InChI=1S/C18H23ClN4O5/c1-18(26)13(25)17(23-7-6-11-15(22-27)20-8-21-16(11)23)28-14(18)12(24)9-2-4-10(19)5-3-9/h2-5,8,11-14,16-17,24-27H,6-7H2,1H3,(H,20,21,22)/t11?,12-,13+,14-,16?,17-,18+/m1/s1. The number of aliphatic hydroxyl groups excluding tert-OH is 2. The van der Waals surface area contributed by atoms with Crippen LogP contribution in [0.5, 0.6) is 0 Å². The largest absolute Gasteiger partial charge is 0.386 e. The van der Waals surface area contributed by atoms with Crippen LogP contribution in [0.1, 0.15) is 25.0 Å². The fourth-order valence-corrected chi connectivity index (χ4v) is 4.35. The third-order valence-electron chi connectivity index (χ3n) is 5.84. The number of rotatable bonds is 3. The molecule has 0 aliphatic carbocycles. The average Bonchev–Trinajstić information content (AvgIpc) is 3.21. The summed E-state index contributed by atoms with van der Waals surface area (Å²) in [5, 5.41) is 42.3. The van der Waals surface area contributed by atoms with Crippen molar-refractivity contribution in [2.75, 3.05) is 6.54 Å². The van der Waals surface area contributed by atoms with Crippen molar-refractivity contribution in [1.29, 1.82) is 0 Å². The van der Waals surface area contributed by atoms with Gasteiger partial charge in [-0.1, -0.05) is 23.7 Å². The molecule has 2 fully saturated rings. The fourth-order valence-electron chi connectivity index (χ4n) is 4.22. The van der Waals surface area contributed by atoms with Crippen molar-refractivity contribution in [2.24, 2.45) is 15.9 Å². The summed E-state index contributed by atoms with van der Waals surface area (Å²) in [4.78, 5) is 10.2. The van der Waals surface area contributed by atoms with E-state index in [2.05, 4.69) is 15.5 Å². The second kappa shape index (κ2) is 7.34. The van der Waals surface area contributed by atoms with Crippen LogP contribution < -0.4 is 5.48 Å². The second-order valence-electron chi connectivity index (χ2n) is 7.55. The van der Waals surface area contributed by atoms with Crippen molar-refractivity contribution >= 4 is 23.8 Å². The minimum Gasteiger partial charge on any atom is -0.386 e. The lowest BCUT2D eigenvalue weighted by atomic mass is 9.88. The maximum atomic E-state index is 10.9. The molecular weight excluding hydrogens is 388 g/mol. The molecule has 152 valence electrons. The maximum absolute atomic E-state index is 10.9. The summed E-state index contributed by atoms with van der Waals surface area (Å²) in [5.74, 6) is 0.232. The third kappa shape index (κ3) is 3.13. The highest BCUT2D eigenvalue weighted by Crippen LogP contribution is 2.42. The van der Waals surface area contributed by atoms with E-state index >= 15 is 0 Å². The number of nitrogens with zero attached hydrogens (tertiary/aromatic N) is 3. The van der Waals surface area contributed by atoms with Crippen LogP contribution in [-0.2, 0) is 4.74 Å². The van der Waals surface area contributed by atoms with E-state index < -0.39 is 36.3 Å². The molecule has 1 aromatic carbocycles. The van der Waals surface area contributed by atoms with Gasteiger partial charge in [0.05, 0.1) is 5.92 Å². The molecule has 3 heterocycles. The van der Waals surface area contributed by atoms with Gasteiger partial charge in [0.15, 0.2) is 0 Å². The lowest BCUT2D eigenvalue weighted by Crippen LogP contribution is -2.52. The first-order valence-electron chi connectivity index (χ1n) is 9.09. The average molecular weight is 411 g/mol. The van der Waals surface area contributed by atoms with Gasteiger partial charge in [-0.05, 0) is 31.0 Å². The van der Waals surface area contributed by atoms with Gasteiger partial charge in [0.1, 0.15) is 48.5 Å². The Morgan fingerprint density at radius 1 is 1.36 bits per heavy atom. The van der Waals surface area contributed by atoms with E-state index in [-0.39, 0.29) is 5.92 Å². The summed E-state index contributed by atoms with van der Waals surface area (Å²) >= 11 is 5.90. The SMILES string of the molecule is C[C@@]1(O)[C@@H]([C@H](O)c2ccc(Cl)cc2)O[C@@H](N2CCC3C(NO)=NC=NC32)[C@@H]1O. The van der Waals surface area contributed by atoms with Gasteiger partial charge in [-0.15, -0.1) is 0 Å². The van der Waals surface area contributed by atoms with Gasteiger partial charge in [0.2, 0.25) is 0 Å². The van der Waals surface area contributed by atoms with E-state index in [1.54, 1.807) is 24.3 Å². The predicted molar refractivity (Wildman–Crippen MR) is 101 cm³/mol. The Hall–Kier alpha value is -1.59. The number of hydrogen-bond donors (Lipinski definition) is 5. The number of aliphatic hydroxyl groups is 3. The molecule has 10 heteroatoms. The van der Waals surface area contributed by atoms with Gasteiger partial charge in [0, 0.05) is 11.6 Å². The molecule has 28 heavy (non-hydrogen) atoms. The fraction of sp³-hybridized carbons (Fsp3) is 0.556. The molecule has 1 aromatic rings. The summed E-state index contributed by atoms with van der Waals surface area (Å²) in [6.45, 7) is 1.97. The molecule has 4 rings (SSSR count). The highest BCUT2D eigenvalue weighted by Gasteiger charge is 2.58. The van der Waals surface area contributed by atoms with Crippen LogP contribution >= 0.6 is 11.6 Å². The molecule has 5 N–H and O–H groups in total. The first-order valence-corrected chi connectivity index (χ1v) is 9.47. The number of benzene rings is 1. The van der Waals surface area contributed by atoms with Gasteiger partial charge in [-0.3, -0.25) is 20.6 Å². The van der Waals surface area contributed by atoms with E-state index in [0.29, 0.717) is 29.4 Å². The molecule has 0 aromatic heterocycles. The van der Waals surface area contributed by atoms with Crippen LogP contribution in [0.4, 0.5) is 0 Å². The summed E-state index contributed by atoms with van der Waals surface area (Å²) in [6, 6.07) is 6.59. The zero-order valence-corrected chi connectivity index (χ0v) is 15.9. The molecule has 3 aliphatic rings. The number of nitrogens with one attached hydrogen (secondary N) is 1. The first kappa shape index (κ1) is 19.7. The highest BCUT2D eigenvalue weighted by atomic mass is 35.5. The zero-order chi connectivity index (χ0) is 20.1. The molecule has 0 amide bonds. The third-order valence-corrected chi connectivity index (χ3v) is 6.09. The number of likely N-dealkylation sites (tertiary alicyclic amines) is 1. The molecule has 0 saturated carbocycles. The van der Waals surface area contributed by atoms with E-state index in [9.17, 15) is 20.5 Å². The summed E-state index contributed by atoms with van der Waals surface area (Å²) < 4.78 is 5.98. The Labute approximate surface area is 166 Å². The van der Waals surface area contributed by atoms with Crippen LogP contribution in [0.25, 0.3) is 0 Å². The van der Waals surface area contributed by atoms with E-state index in [0.717, 1.165) is 0 Å². The zero-order valence-electron chi connectivity index (χ0n) is 15.2. The van der Waals surface area contributed by atoms with Gasteiger partial charge in [-0.25, -0.2) is 4.99 Å². The first-order chi connectivity index (χ1) is 13.3. The Bertz CT molecular complexity index is 787. The van der Waals surface area contributed by atoms with Crippen LogP contribution in [0.3, 0.4) is 0 Å². The smallest absolute Gasteiger partial charge is 0.142 e. The van der Waals surface area contributed by atoms with Gasteiger partial charge < -0.3 is 20.1 Å². The van der Waals surface area contributed by atoms with Crippen molar-refractivity contribution < 1.29 is 25.3 Å². The number of fused-ring (bicyclic) bond motifs is 1. The van der Waals surface area contributed by atoms with Crippen molar-refractivity contribution in [3.8, 4) is 0 Å². The Kier molecular flexibility index (Phi) is 5.17. The molecule has 2 saturated heterocycles. The lowest BCUT2D eigenvalue weighted by Gasteiger charge is -2.33. The monoisotopic (exact) mass is 410 g/mol. The molecule has 0 radical (unpaired) electrons. The number of amidine groups is 1. The van der Waals surface area contributed by atoms with Crippen molar-refractivity contribution in [2.45, 2.75) is 49.7 Å². The molecule has 7 atom stereocenters. The molecule has 3 aliphatic heterocycles. The van der Waals surface area contributed by atoms with Gasteiger partial charge in [-0.2, -0.15) is 0 Å². The van der Waals surface area contributed by atoms with Crippen LogP contribution in [0.15, 0.2) is 34.3 Å². The van der Waals surface area contributed by atoms with Gasteiger partial charge in [0.25, 0.3) is 0 Å². The van der Waals surface area contributed by atoms with E-state index in [4.69, 9.17) is 16.3 Å². The molecule has 2 unspecified atom stereocenters. The lowest BCUT2D eigenvalue weighted by molar-refractivity contribution is -0.128. The van der Waals surface area contributed by atoms with E-state index in [1.807, 2.05) is 4.90 Å². The predicted octanol–water partition coefficient (Wildman–Crippen LogP) is 0.277. The summed E-state index contributed by atoms with van der Waals surface area (Å²) in [5.41, 5.74) is 0.932. The van der Waals surface area contributed by atoms with Crippen molar-refractivity contribution in [3.63, 3.8) is 0 Å². The van der Waals surface area contributed by atoms with Crippen molar-refractivity contribution in [1.82, 2.24) is 10.4 Å². The van der Waals surface area contributed by atoms with Crippen LogP contribution in [0, 0.1) is 5.92 Å². The van der Waals surface area contributed by atoms with Crippen LogP contribution in [-0.4, -0.2) is 74.3 Å². The Morgan fingerprint density at radius 3 is 2.75 bits per heavy atom. The number of hydroxylamine groups is 1. The van der Waals surface area contributed by atoms with E-state index in [1.165, 1.54) is 13.3 Å².